The number of carboxylic acid groups (broad SMARTS) is 1. The number of benzene rings is 1. The second-order valence-electron chi connectivity index (χ2n) is 2.88. The second-order valence-corrected chi connectivity index (χ2v) is 4.10. The average Bonchev–Trinajstić information content (AvgIpc) is 2.21. The minimum Gasteiger partial charge on any atom is -0.478 e. The molecule has 1 aromatic carbocycles. The number of hydrogen-bond acceptors (Lipinski definition) is 3. The predicted octanol–water partition coefficient (Wildman–Crippen LogP) is 2.44. The van der Waals surface area contributed by atoms with Gasteiger partial charge >= 0.3 is 5.97 Å². The highest BCUT2D eigenvalue weighted by atomic mass is 35.5. The molecule has 0 saturated carbocycles. The van der Waals surface area contributed by atoms with Crippen molar-refractivity contribution in [3.63, 3.8) is 0 Å². The summed E-state index contributed by atoms with van der Waals surface area (Å²) < 4.78 is 5.09. The van der Waals surface area contributed by atoms with E-state index in [-0.39, 0.29) is 27.4 Å². The molecule has 4 nitrogen and oxygen atoms in total. The van der Waals surface area contributed by atoms with Crippen molar-refractivity contribution in [2.45, 2.75) is 6.10 Å². The highest BCUT2D eigenvalue weighted by molar-refractivity contribution is 6.43. The van der Waals surface area contributed by atoms with Gasteiger partial charge in [-0.25, -0.2) is 4.79 Å². The summed E-state index contributed by atoms with van der Waals surface area (Å²) in [6.45, 7) is -0.175. The van der Waals surface area contributed by atoms with Gasteiger partial charge in [-0.2, -0.15) is 0 Å². The minimum atomic E-state index is -1.18. The molecule has 3 N–H and O–H groups in total. The Morgan fingerprint density at radius 1 is 1.31 bits per heavy atom. The third-order valence-electron chi connectivity index (χ3n) is 1.73. The fraction of sp³-hybridized carbons (Fsp3) is 0.222. The standard InChI is InChI=1S/C9H8Cl3NO3/c10-4-1-6(12)7(2-5(4)11)16-8(3-13)9(14)15/h1-2,8H,3,13H2,(H,14,15). The van der Waals surface area contributed by atoms with Gasteiger partial charge in [0.15, 0.2) is 0 Å². The molecule has 0 amide bonds. The maximum Gasteiger partial charge on any atom is 0.346 e. The molecular weight excluding hydrogens is 276 g/mol. The first-order valence-corrected chi connectivity index (χ1v) is 5.33. The molecule has 16 heavy (non-hydrogen) atoms. The number of halogens is 3. The summed E-state index contributed by atoms with van der Waals surface area (Å²) >= 11 is 17.3. The van der Waals surface area contributed by atoms with Crippen molar-refractivity contribution < 1.29 is 14.6 Å². The molecule has 1 rings (SSSR count). The third kappa shape index (κ3) is 3.15. The lowest BCUT2D eigenvalue weighted by atomic mass is 10.3. The molecule has 0 aliphatic carbocycles. The average molecular weight is 285 g/mol. The number of ether oxygens (including phenoxy) is 1. The summed E-state index contributed by atoms with van der Waals surface area (Å²) in [4.78, 5) is 10.7. The van der Waals surface area contributed by atoms with E-state index in [2.05, 4.69) is 0 Å². The molecule has 0 saturated heterocycles. The normalized spacial score (nSPS) is 12.2. The summed E-state index contributed by atoms with van der Waals surface area (Å²) in [5, 5.41) is 9.40. The van der Waals surface area contributed by atoms with Gasteiger partial charge in [-0.15, -0.1) is 0 Å². The van der Waals surface area contributed by atoms with Crippen LogP contribution >= 0.6 is 34.8 Å². The van der Waals surface area contributed by atoms with Crippen molar-refractivity contribution in [2.75, 3.05) is 6.54 Å². The van der Waals surface area contributed by atoms with E-state index in [1.165, 1.54) is 12.1 Å². The zero-order valence-electron chi connectivity index (χ0n) is 7.91. The van der Waals surface area contributed by atoms with Gasteiger partial charge in [-0.3, -0.25) is 0 Å². The van der Waals surface area contributed by atoms with E-state index in [1.807, 2.05) is 0 Å². The van der Waals surface area contributed by atoms with Crippen LogP contribution in [-0.2, 0) is 4.79 Å². The molecule has 7 heteroatoms. The van der Waals surface area contributed by atoms with Crippen LogP contribution in [-0.4, -0.2) is 23.7 Å². The molecule has 0 radical (unpaired) electrons. The van der Waals surface area contributed by atoms with Gasteiger partial charge in [-0.05, 0) is 6.07 Å². The first kappa shape index (κ1) is 13.4. The Hall–Kier alpha value is -0.680. The van der Waals surface area contributed by atoms with Gasteiger partial charge in [-0.1, -0.05) is 34.8 Å². The van der Waals surface area contributed by atoms with Crippen molar-refractivity contribution in [3.05, 3.63) is 27.2 Å². The summed E-state index contributed by atoms with van der Waals surface area (Å²) in [7, 11) is 0. The quantitative estimate of drug-likeness (QED) is 0.833. The van der Waals surface area contributed by atoms with Gasteiger partial charge in [0.2, 0.25) is 6.10 Å². The fourth-order valence-electron chi connectivity index (χ4n) is 0.947. The van der Waals surface area contributed by atoms with Gasteiger partial charge < -0.3 is 15.6 Å². The Balaban J connectivity index is 2.96. The van der Waals surface area contributed by atoms with E-state index in [0.29, 0.717) is 0 Å². The van der Waals surface area contributed by atoms with E-state index >= 15 is 0 Å². The summed E-state index contributed by atoms with van der Waals surface area (Å²) in [5.74, 6) is -1.04. The van der Waals surface area contributed by atoms with Crippen LogP contribution in [0.5, 0.6) is 5.75 Å². The summed E-state index contributed by atoms with van der Waals surface area (Å²) in [5.41, 5.74) is 5.23. The van der Waals surface area contributed by atoms with E-state index in [1.54, 1.807) is 0 Å². The molecule has 1 aromatic rings. The van der Waals surface area contributed by atoms with Gasteiger partial charge in [0, 0.05) is 12.6 Å². The first-order valence-electron chi connectivity index (χ1n) is 4.19. The van der Waals surface area contributed by atoms with Crippen molar-refractivity contribution in [1.82, 2.24) is 0 Å². The Labute approximate surface area is 107 Å². The first-order chi connectivity index (χ1) is 7.45. The predicted molar refractivity (Wildman–Crippen MR) is 62.6 cm³/mol. The monoisotopic (exact) mass is 283 g/mol. The second kappa shape index (κ2) is 5.59. The number of carboxylic acids is 1. The zero-order chi connectivity index (χ0) is 12.3. The lowest BCUT2D eigenvalue weighted by Gasteiger charge is -2.14. The van der Waals surface area contributed by atoms with E-state index in [4.69, 9.17) is 50.4 Å². The maximum atomic E-state index is 10.7. The molecule has 0 heterocycles. The van der Waals surface area contributed by atoms with Crippen molar-refractivity contribution >= 4 is 40.8 Å². The molecule has 0 aromatic heterocycles. The van der Waals surface area contributed by atoms with Crippen LogP contribution < -0.4 is 10.5 Å². The highest BCUT2D eigenvalue weighted by Gasteiger charge is 2.19. The molecule has 1 atom stereocenters. The molecule has 88 valence electrons. The summed E-state index contributed by atoms with van der Waals surface area (Å²) in [6, 6.07) is 2.72. The molecular formula is C9H8Cl3NO3. The summed E-state index contributed by atoms with van der Waals surface area (Å²) in [6.07, 6.45) is -1.17. The third-order valence-corrected chi connectivity index (χ3v) is 2.75. The Morgan fingerprint density at radius 3 is 2.38 bits per heavy atom. The van der Waals surface area contributed by atoms with Gasteiger partial charge in [0.1, 0.15) is 5.75 Å². The van der Waals surface area contributed by atoms with Crippen LogP contribution in [0.1, 0.15) is 0 Å². The number of rotatable bonds is 4. The fourth-order valence-corrected chi connectivity index (χ4v) is 1.53. The molecule has 0 fully saturated rings. The van der Waals surface area contributed by atoms with Crippen molar-refractivity contribution in [1.29, 1.82) is 0 Å². The molecule has 1 unspecified atom stereocenters. The Morgan fingerprint density at radius 2 is 1.88 bits per heavy atom. The minimum absolute atomic E-state index is 0.133. The Bertz CT molecular complexity index is 411. The van der Waals surface area contributed by atoms with E-state index < -0.39 is 12.1 Å². The topological polar surface area (TPSA) is 72.5 Å². The van der Waals surface area contributed by atoms with Crippen molar-refractivity contribution in [3.8, 4) is 5.75 Å². The van der Waals surface area contributed by atoms with E-state index in [9.17, 15) is 4.79 Å². The van der Waals surface area contributed by atoms with Crippen LogP contribution in [0, 0.1) is 0 Å². The number of carbonyl (C=O) groups is 1. The van der Waals surface area contributed by atoms with Gasteiger partial charge in [0.25, 0.3) is 0 Å². The molecule has 0 spiro atoms. The van der Waals surface area contributed by atoms with Crippen LogP contribution in [0.3, 0.4) is 0 Å². The maximum absolute atomic E-state index is 10.7. The molecule has 0 bridgehead atoms. The lowest BCUT2D eigenvalue weighted by Crippen LogP contribution is -2.34. The smallest absolute Gasteiger partial charge is 0.346 e. The zero-order valence-corrected chi connectivity index (χ0v) is 10.2. The van der Waals surface area contributed by atoms with Gasteiger partial charge in [0.05, 0.1) is 15.1 Å². The van der Waals surface area contributed by atoms with Crippen LogP contribution in [0.2, 0.25) is 15.1 Å². The number of hydrogen-bond donors (Lipinski definition) is 2. The van der Waals surface area contributed by atoms with Crippen LogP contribution in [0.25, 0.3) is 0 Å². The van der Waals surface area contributed by atoms with Crippen LogP contribution in [0.4, 0.5) is 0 Å². The number of aliphatic carboxylic acids is 1. The SMILES string of the molecule is NCC(Oc1cc(Cl)c(Cl)cc1Cl)C(=O)O. The molecule has 0 aliphatic rings. The van der Waals surface area contributed by atoms with E-state index in [0.717, 1.165) is 0 Å². The largest absolute Gasteiger partial charge is 0.478 e. The lowest BCUT2D eigenvalue weighted by molar-refractivity contribution is -0.144. The van der Waals surface area contributed by atoms with Crippen molar-refractivity contribution in [2.24, 2.45) is 5.73 Å². The Kier molecular flexibility index (Phi) is 4.68. The van der Waals surface area contributed by atoms with Crippen LogP contribution in [0.15, 0.2) is 12.1 Å². The number of nitrogens with two attached hydrogens (primary N) is 1. The highest BCUT2D eigenvalue weighted by Crippen LogP contribution is 2.34. The molecule has 0 aliphatic heterocycles.